The zero-order chi connectivity index (χ0) is 14.0. The van der Waals surface area contributed by atoms with E-state index >= 15 is 0 Å². The SMILES string of the molecule is Cc1cc(C(=O)NC[C@@]2(O)CCSC2)c(C)cc1Br. The summed E-state index contributed by atoms with van der Waals surface area (Å²) in [5.41, 5.74) is 1.90. The summed E-state index contributed by atoms with van der Waals surface area (Å²) in [5.74, 6) is 1.55. The lowest BCUT2D eigenvalue weighted by molar-refractivity contribution is 0.0612. The van der Waals surface area contributed by atoms with Crippen LogP contribution < -0.4 is 5.32 Å². The Bertz CT molecular complexity index is 498. The number of rotatable bonds is 3. The van der Waals surface area contributed by atoms with Gasteiger partial charge in [-0.15, -0.1) is 0 Å². The van der Waals surface area contributed by atoms with E-state index in [0.717, 1.165) is 27.8 Å². The van der Waals surface area contributed by atoms with Gasteiger partial charge in [0, 0.05) is 22.3 Å². The Balaban J connectivity index is 2.06. The number of benzene rings is 1. The van der Waals surface area contributed by atoms with Crippen LogP contribution in [0.15, 0.2) is 16.6 Å². The fourth-order valence-corrected chi connectivity index (χ4v) is 3.85. The number of amides is 1. The monoisotopic (exact) mass is 343 g/mol. The Morgan fingerprint density at radius 2 is 2.21 bits per heavy atom. The maximum atomic E-state index is 12.2. The molecule has 1 aliphatic heterocycles. The van der Waals surface area contributed by atoms with E-state index in [1.165, 1.54) is 0 Å². The van der Waals surface area contributed by atoms with Gasteiger partial charge in [0.1, 0.15) is 0 Å². The second kappa shape index (κ2) is 5.85. The van der Waals surface area contributed by atoms with Gasteiger partial charge in [0.05, 0.1) is 5.60 Å². The number of hydrogen-bond acceptors (Lipinski definition) is 3. The molecule has 0 radical (unpaired) electrons. The van der Waals surface area contributed by atoms with Crippen LogP contribution in [0, 0.1) is 13.8 Å². The first-order chi connectivity index (χ1) is 8.91. The molecule has 1 heterocycles. The predicted octanol–water partition coefficient (Wildman–Crippen LogP) is 2.66. The molecule has 1 aliphatic rings. The van der Waals surface area contributed by atoms with E-state index in [9.17, 15) is 9.90 Å². The van der Waals surface area contributed by atoms with Crippen molar-refractivity contribution in [2.24, 2.45) is 0 Å². The zero-order valence-corrected chi connectivity index (χ0v) is 13.5. The van der Waals surface area contributed by atoms with Crippen LogP contribution in [0.25, 0.3) is 0 Å². The molecule has 5 heteroatoms. The van der Waals surface area contributed by atoms with Crippen LogP contribution in [0.2, 0.25) is 0 Å². The molecule has 0 unspecified atom stereocenters. The Kier molecular flexibility index (Phi) is 4.58. The number of aryl methyl sites for hydroxylation is 2. The van der Waals surface area contributed by atoms with Crippen molar-refractivity contribution in [2.75, 3.05) is 18.1 Å². The Morgan fingerprint density at radius 3 is 2.84 bits per heavy atom. The summed E-state index contributed by atoms with van der Waals surface area (Å²) >= 11 is 5.18. The molecule has 3 nitrogen and oxygen atoms in total. The lowest BCUT2D eigenvalue weighted by atomic mass is 10.0. The Morgan fingerprint density at radius 1 is 1.47 bits per heavy atom. The maximum absolute atomic E-state index is 12.2. The normalized spacial score (nSPS) is 22.5. The molecule has 0 saturated carbocycles. The average molecular weight is 344 g/mol. The average Bonchev–Trinajstić information content (AvgIpc) is 2.78. The molecule has 0 aliphatic carbocycles. The van der Waals surface area contributed by atoms with Crippen LogP contribution in [0.5, 0.6) is 0 Å². The molecule has 1 amide bonds. The third kappa shape index (κ3) is 3.52. The second-order valence-electron chi connectivity index (χ2n) is 5.13. The standard InChI is InChI=1S/C14H18BrNO2S/c1-9-6-12(15)10(2)5-11(9)13(17)16-7-14(18)3-4-19-8-14/h5-6,18H,3-4,7-8H2,1-2H3,(H,16,17)/t14-/m0/s1. The third-order valence-electron chi connectivity index (χ3n) is 3.41. The van der Waals surface area contributed by atoms with Gasteiger partial charge >= 0.3 is 0 Å². The first kappa shape index (κ1) is 14.9. The van der Waals surface area contributed by atoms with E-state index in [1.54, 1.807) is 11.8 Å². The van der Waals surface area contributed by atoms with Crippen LogP contribution in [0.4, 0.5) is 0 Å². The van der Waals surface area contributed by atoms with Crippen molar-refractivity contribution in [3.05, 3.63) is 33.3 Å². The molecule has 1 aromatic carbocycles. The minimum atomic E-state index is -0.737. The Labute approximate surface area is 126 Å². The van der Waals surface area contributed by atoms with E-state index in [0.29, 0.717) is 17.9 Å². The summed E-state index contributed by atoms with van der Waals surface area (Å²) in [7, 11) is 0. The number of thioether (sulfide) groups is 1. The molecule has 1 atom stereocenters. The lowest BCUT2D eigenvalue weighted by Gasteiger charge is -2.22. The van der Waals surface area contributed by atoms with Crippen LogP contribution in [-0.2, 0) is 0 Å². The number of carbonyl (C=O) groups is 1. The van der Waals surface area contributed by atoms with E-state index in [2.05, 4.69) is 21.2 Å². The summed E-state index contributed by atoms with van der Waals surface area (Å²) in [6.07, 6.45) is 0.746. The number of aliphatic hydroxyl groups is 1. The number of nitrogens with one attached hydrogen (secondary N) is 1. The van der Waals surface area contributed by atoms with Gasteiger partial charge in [0.15, 0.2) is 0 Å². The van der Waals surface area contributed by atoms with E-state index < -0.39 is 5.60 Å². The first-order valence-corrected chi connectivity index (χ1v) is 8.21. The highest BCUT2D eigenvalue weighted by atomic mass is 79.9. The van der Waals surface area contributed by atoms with Crippen molar-refractivity contribution in [3.8, 4) is 0 Å². The summed E-state index contributed by atoms with van der Waals surface area (Å²) in [6.45, 7) is 4.20. The van der Waals surface area contributed by atoms with Gasteiger partial charge in [-0.3, -0.25) is 4.79 Å². The van der Waals surface area contributed by atoms with Gasteiger partial charge < -0.3 is 10.4 Å². The molecule has 104 valence electrons. The molecular formula is C14H18BrNO2S. The maximum Gasteiger partial charge on any atom is 0.251 e. The molecule has 2 N–H and O–H groups in total. The number of carbonyl (C=O) groups excluding carboxylic acids is 1. The van der Waals surface area contributed by atoms with Gasteiger partial charge in [-0.2, -0.15) is 11.8 Å². The van der Waals surface area contributed by atoms with Crippen LogP contribution in [-0.4, -0.2) is 34.7 Å². The number of halogens is 1. The van der Waals surface area contributed by atoms with Crippen molar-refractivity contribution >= 4 is 33.6 Å². The lowest BCUT2D eigenvalue weighted by Crippen LogP contribution is -2.43. The summed E-state index contributed by atoms with van der Waals surface area (Å²) in [4.78, 5) is 12.2. The minimum absolute atomic E-state index is 0.113. The molecule has 2 rings (SSSR count). The molecule has 1 fully saturated rings. The quantitative estimate of drug-likeness (QED) is 0.886. The second-order valence-corrected chi connectivity index (χ2v) is 7.09. The Hall–Kier alpha value is -0.520. The van der Waals surface area contributed by atoms with Crippen molar-refractivity contribution < 1.29 is 9.90 Å². The largest absolute Gasteiger partial charge is 0.387 e. The molecular weight excluding hydrogens is 326 g/mol. The van der Waals surface area contributed by atoms with E-state index in [-0.39, 0.29) is 5.91 Å². The molecule has 1 saturated heterocycles. The minimum Gasteiger partial charge on any atom is -0.387 e. The third-order valence-corrected chi connectivity index (χ3v) is 5.50. The fourth-order valence-electron chi connectivity index (χ4n) is 2.10. The van der Waals surface area contributed by atoms with Gasteiger partial charge in [-0.05, 0) is 49.3 Å². The molecule has 1 aromatic rings. The summed E-state index contributed by atoms with van der Waals surface area (Å²) in [6, 6.07) is 3.83. The molecule has 0 spiro atoms. The topological polar surface area (TPSA) is 49.3 Å². The van der Waals surface area contributed by atoms with Crippen LogP contribution >= 0.6 is 27.7 Å². The van der Waals surface area contributed by atoms with Gasteiger partial charge in [0.2, 0.25) is 0 Å². The highest BCUT2D eigenvalue weighted by Crippen LogP contribution is 2.27. The van der Waals surface area contributed by atoms with Crippen molar-refractivity contribution in [1.29, 1.82) is 0 Å². The van der Waals surface area contributed by atoms with E-state index in [1.807, 2.05) is 26.0 Å². The van der Waals surface area contributed by atoms with Crippen LogP contribution in [0.1, 0.15) is 27.9 Å². The predicted molar refractivity (Wildman–Crippen MR) is 82.8 cm³/mol. The zero-order valence-electron chi connectivity index (χ0n) is 11.1. The molecule has 19 heavy (non-hydrogen) atoms. The molecule has 0 aromatic heterocycles. The highest BCUT2D eigenvalue weighted by Gasteiger charge is 2.32. The molecule has 0 bridgehead atoms. The highest BCUT2D eigenvalue weighted by molar-refractivity contribution is 9.10. The van der Waals surface area contributed by atoms with Crippen LogP contribution in [0.3, 0.4) is 0 Å². The fraction of sp³-hybridized carbons (Fsp3) is 0.500. The summed E-state index contributed by atoms with van der Waals surface area (Å²) < 4.78 is 1.01. The van der Waals surface area contributed by atoms with Gasteiger partial charge in [-0.1, -0.05) is 15.9 Å². The number of hydrogen-bond donors (Lipinski definition) is 2. The first-order valence-electron chi connectivity index (χ1n) is 6.26. The van der Waals surface area contributed by atoms with Crippen molar-refractivity contribution in [2.45, 2.75) is 25.9 Å². The summed E-state index contributed by atoms with van der Waals surface area (Å²) in [5, 5.41) is 13.1. The smallest absolute Gasteiger partial charge is 0.251 e. The van der Waals surface area contributed by atoms with Gasteiger partial charge in [0.25, 0.3) is 5.91 Å². The van der Waals surface area contributed by atoms with E-state index in [4.69, 9.17) is 0 Å². The van der Waals surface area contributed by atoms with Crippen molar-refractivity contribution in [1.82, 2.24) is 5.32 Å². The van der Waals surface area contributed by atoms with Crippen molar-refractivity contribution in [3.63, 3.8) is 0 Å². The van der Waals surface area contributed by atoms with Gasteiger partial charge in [-0.25, -0.2) is 0 Å².